The van der Waals surface area contributed by atoms with E-state index in [0.717, 1.165) is 0 Å². The summed E-state index contributed by atoms with van der Waals surface area (Å²) < 4.78 is 4.40. The van der Waals surface area contributed by atoms with Crippen molar-refractivity contribution in [3.8, 4) is 0 Å². The van der Waals surface area contributed by atoms with Gasteiger partial charge in [-0.25, -0.2) is 4.79 Å². The molecule has 1 atom stereocenters. The predicted octanol–water partition coefficient (Wildman–Crippen LogP) is -0.214. The molecule has 0 fully saturated rings. The summed E-state index contributed by atoms with van der Waals surface area (Å²) in [6.45, 7) is 1.00. The second kappa shape index (κ2) is 8.69. The Balaban J connectivity index is 3.83. The van der Waals surface area contributed by atoms with Crippen molar-refractivity contribution in [2.45, 2.75) is 38.6 Å². The highest BCUT2D eigenvalue weighted by molar-refractivity contribution is 5.84. The molecule has 17 heavy (non-hydrogen) atoms. The zero-order chi connectivity index (χ0) is 13.3. The monoisotopic (exact) mass is 245 g/mol. The molecule has 0 heterocycles. The van der Waals surface area contributed by atoms with Crippen molar-refractivity contribution in [3.63, 3.8) is 0 Å². The van der Waals surface area contributed by atoms with E-state index in [-0.39, 0.29) is 18.1 Å². The van der Waals surface area contributed by atoms with E-state index in [9.17, 15) is 14.4 Å². The number of unbranched alkanes of at least 4 members (excludes halogenated alkanes) is 1. The number of rotatable bonds is 8. The lowest BCUT2D eigenvalue weighted by molar-refractivity contribution is -0.146. The number of carbonyl (C=O) groups excluding carboxylic acids is 3. The molecule has 0 aliphatic carbocycles. The van der Waals surface area contributed by atoms with E-state index in [2.05, 4.69) is 10.1 Å². The second-order valence-corrected chi connectivity index (χ2v) is 3.73. The van der Waals surface area contributed by atoms with Gasteiger partial charge in [-0.15, -0.1) is 0 Å². The summed E-state index contributed by atoms with van der Waals surface area (Å²) in [4.78, 5) is 33.1. The van der Waals surface area contributed by atoms with Gasteiger partial charge in [-0.05, 0) is 19.8 Å². The van der Waals surface area contributed by atoms with Gasteiger partial charge >= 0.3 is 5.97 Å². The van der Waals surface area contributed by atoms with Crippen LogP contribution in [0.4, 0.5) is 0 Å². The molecule has 0 saturated carbocycles. The van der Waals surface area contributed by atoms with E-state index in [4.69, 9.17) is 5.11 Å². The number of esters is 1. The highest BCUT2D eigenvalue weighted by atomic mass is 16.5. The normalized spacial score (nSPS) is 11.7. The number of hydrogen-bond acceptors (Lipinski definition) is 5. The molecular formula is C11H19NO5. The average Bonchev–Trinajstić information content (AvgIpc) is 2.30. The quantitative estimate of drug-likeness (QED) is 0.456. The lowest BCUT2D eigenvalue weighted by atomic mass is 10.1. The molecule has 1 unspecified atom stereocenters. The van der Waals surface area contributed by atoms with Crippen LogP contribution >= 0.6 is 0 Å². The molecule has 0 rings (SSSR count). The molecule has 0 aromatic carbocycles. The first-order valence-electron chi connectivity index (χ1n) is 5.48. The maximum atomic E-state index is 11.4. The van der Waals surface area contributed by atoms with Crippen molar-refractivity contribution < 1.29 is 24.2 Å². The lowest BCUT2D eigenvalue weighted by Gasteiger charge is -2.13. The molecule has 0 aliphatic heterocycles. The number of methoxy groups -OCH3 is 1. The molecule has 1 amide bonds. The molecule has 0 aliphatic rings. The molecule has 0 bridgehead atoms. The molecule has 0 radical (unpaired) electrons. The fourth-order valence-corrected chi connectivity index (χ4v) is 1.25. The molecule has 2 N–H and O–H groups in total. The van der Waals surface area contributed by atoms with E-state index in [1.165, 1.54) is 14.0 Å². The summed E-state index contributed by atoms with van der Waals surface area (Å²) >= 11 is 0. The topological polar surface area (TPSA) is 92.7 Å². The average molecular weight is 245 g/mol. The van der Waals surface area contributed by atoms with Crippen LogP contribution in [0.25, 0.3) is 0 Å². The second-order valence-electron chi connectivity index (χ2n) is 3.73. The smallest absolute Gasteiger partial charge is 0.330 e. The first-order chi connectivity index (χ1) is 8.01. The third-order valence-electron chi connectivity index (χ3n) is 2.19. The summed E-state index contributed by atoms with van der Waals surface area (Å²) in [5.74, 6) is -0.921. The van der Waals surface area contributed by atoms with Crippen molar-refractivity contribution in [1.82, 2.24) is 5.32 Å². The van der Waals surface area contributed by atoms with Crippen LogP contribution in [-0.4, -0.2) is 42.5 Å². The Morgan fingerprint density at radius 2 is 1.82 bits per heavy atom. The van der Waals surface area contributed by atoms with Crippen molar-refractivity contribution in [3.05, 3.63) is 0 Å². The Kier molecular flexibility index (Phi) is 7.96. The van der Waals surface area contributed by atoms with Crippen molar-refractivity contribution >= 4 is 17.7 Å². The predicted molar refractivity (Wildman–Crippen MR) is 60.2 cm³/mol. The zero-order valence-corrected chi connectivity index (χ0v) is 10.2. The van der Waals surface area contributed by atoms with E-state index in [1.54, 1.807) is 0 Å². The Hall–Kier alpha value is -1.43. The SMILES string of the molecule is COC(=O)C(CO)NC(=O)CCCCC(C)=O. The number of aliphatic hydroxyl groups is 1. The Morgan fingerprint density at radius 1 is 1.24 bits per heavy atom. The zero-order valence-electron chi connectivity index (χ0n) is 10.2. The van der Waals surface area contributed by atoms with Gasteiger partial charge in [-0.3, -0.25) is 4.79 Å². The third-order valence-corrected chi connectivity index (χ3v) is 2.19. The van der Waals surface area contributed by atoms with Gasteiger partial charge in [0.2, 0.25) is 5.91 Å². The number of aliphatic hydroxyl groups excluding tert-OH is 1. The molecule has 0 spiro atoms. The first-order valence-corrected chi connectivity index (χ1v) is 5.48. The van der Waals surface area contributed by atoms with E-state index in [0.29, 0.717) is 19.3 Å². The highest BCUT2D eigenvalue weighted by Crippen LogP contribution is 2.01. The fraction of sp³-hybridized carbons (Fsp3) is 0.727. The molecule has 6 nitrogen and oxygen atoms in total. The van der Waals surface area contributed by atoms with Crippen LogP contribution in [0.3, 0.4) is 0 Å². The van der Waals surface area contributed by atoms with Crippen LogP contribution in [0.5, 0.6) is 0 Å². The minimum absolute atomic E-state index is 0.0909. The number of nitrogens with one attached hydrogen (secondary N) is 1. The van der Waals surface area contributed by atoms with Gasteiger partial charge in [-0.2, -0.15) is 0 Å². The number of ether oxygens (including phenoxy) is 1. The van der Waals surface area contributed by atoms with E-state index < -0.39 is 18.6 Å². The standard InChI is InChI=1S/C11H19NO5/c1-8(14)5-3-4-6-10(15)12-9(7-13)11(16)17-2/h9,13H,3-7H2,1-2H3,(H,12,15). The summed E-state index contributed by atoms with van der Waals surface area (Å²) in [5.41, 5.74) is 0. The summed E-state index contributed by atoms with van der Waals surface area (Å²) in [5, 5.41) is 11.2. The summed E-state index contributed by atoms with van der Waals surface area (Å²) in [6.07, 6.45) is 1.89. The van der Waals surface area contributed by atoms with Crippen LogP contribution in [0.1, 0.15) is 32.6 Å². The van der Waals surface area contributed by atoms with Gasteiger partial charge in [0.25, 0.3) is 0 Å². The van der Waals surface area contributed by atoms with Crippen LogP contribution in [0, 0.1) is 0 Å². The van der Waals surface area contributed by atoms with Crippen molar-refractivity contribution in [2.75, 3.05) is 13.7 Å². The largest absolute Gasteiger partial charge is 0.467 e. The van der Waals surface area contributed by atoms with Crippen LogP contribution in [-0.2, 0) is 19.1 Å². The number of Topliss-reactive ketones (excluding diaryl/α,β-unsaturated/α-hetero) is 1. The van der Waals surface area contributed by atoms with Crippen LogP contribution < -0.4 is 5.32 Å². The maximum Gasteiger partial charge on any atom is 0.330 e. The first kappa shape index (κ1) is 15.6. The maximum absolute atomic E-state index is 11.4. The Labute approximate surface area is 100 Å². The van der Waals surface area contributed by atoms with Gasteiger partial charge in [0.1, 0.15) is 5.78 Å². The molecule has 0 saturated heterocycles. The summed E-state index contributed by atoms with van der Waals surface area (Å²) in [7, 11) is 1.18. The van der Waals surface area contributed by atoms with Crippen molar-refractivity contribution in [2.24, 2.45) is 0 Å². The molecule has 0 aromatic heterocycles. The minimum Gasteiger partial charge on any atom is -0.467 e. The molecule has 0 aromatic rings. The number of amides is 1. The third kappa shape index (κ3) is 7.46. The van der Waals surface area contributed by atoms with E-state index >= 15 is 0 Å². The Morgan fingerprint density at radius 3 is 2.29 bits per heavy atom. The van der Waals surface area contributed by atoms with Crippen molar-refractivity contribution in [1.29, 1.82) is 0 Å². The van der Waals surface area contributed by atoms with Gasteiger partial charge in [0.05, 0.1) is 13.7 Å². The molecular weight excluding hydrogens is 226 g/mol. The van der Waals surface area contributed by atoms with Gasteiger partial charge in [0, 0.05) is 12.8 Å². The fourth-order valence-electron chi connectivity index (χ4n) is 1.25. The highest BCUT2D eigenvalue weighted by Gasteiger charge is 2.19. The van der Waals surface area contributed by atoms with Gasteiger partial charge in [-0.1, -0.05) is 0 Å². The number of hydrogen-bond donors (Lipinski definition) is 2. The van der Waals surface area contributed by atoms with E-state index in [1.807, 2.05) is 0 Å². The number of carbonyl (C=O) groups is 3. The van der Waals surface area contributed by atoms with Crippen LogP contribution in [0.2, 0.25) is 0 Å². The van der Waals surface area contributed by atoms with Crippen LogP contribution in [0.15, 0.2) is 0 Å². The van der Waals surface area contributed by atoms with Gasteiger partial charge in [0.15, 0.2) is 6.04 Å². The Bertz CT molecular complexity index is 277. The summed E-state index contributed by atoms with van der Waals surface area (Å²) in [6, 6.07) is -1.01. The minimum atomic E-state index is -1.01. The lowest BCUT2D eigenvalue weighted by Crippen LogP contribution is -2.43. The number of ketones is 1. The van der Waals surface area contributed by atoms with Gasteiger partial charge < -0.3 is 20.0 Å². The molecule has 98 valence electrons. The molecule has 6 heteroatoms.